The van der Waals surface area contributed by atoms with Crippen molar-refractivity contribution in [1.82, 2.24) is 9.80 Å². The Labute approximate surface area is 140 Å². The third kappa shape index (κ3) is 3.12. The molecule has 1 saturated heterocycles. The van der Waals surface area contributed by atoms with E-state index in [0.717, 1.165) is 36.0 Å². The normalized spacial score (nSPS) is 21.7. The molecule has 0 aliphatic carbocycles. The maximum atomic E-state index is 13.0. The van der Waals surface area contributed by atoms with Crippen molar-refractivity contribution in [3.05, 3.63) is 58.2 Å². The lowest BCUT2D eigenvalue weighted by Crippen LogP contribution is -2.45. The zero-order chi connectivity index (χ0) is 15.5. The van der Waals surface area contributed by atoms with E-state index in [1.807, 2.05) is 29.2 Å². The minimum atomic E-state index is 0.125. The number of carbonyl (C=O) groups is 1. The van der Waals surface area contributed by atoms with Crippen molar-refractivity contribution >= 4 is 21.8 Å². The predicted octanol–water partition coefficient (Wildman–Crippen LogP) is 3.83. The first kappa shape index (κ1) is 15.3. The van der Waals surface area contributed by atoms with Crippen LogP contribution in [0.2, 0.25) is 0 Å². The number of nitrogens with zero attached hydrogens (tertiary/aromatic N) is 2. The van der Waals surface area contributed by atoms with Crippen molar-refractivity contribution in [2.45, 2.75) is 25.3 Å². The molecule has 2 aliphatic heterocycles. The van der Waals surface area contributed by atoms with Crippen LogP contribution in [0, 0.1) is 0 Å². The molecule has 22 heavy (non-hydrogen) atoms. The standard InChI is InChI=1S/C18H21BrN2O/c1-20-11-6-7-14(13-20)17-10-4-5-12-21(17)18(22)15-8-2-3-9-16(15)19/h2-3,6-9,13,17H,4-5,10-12H2,1H3/t17-/m0/s1. The monoisotopic (exact) mass is 360 g/mol. The Kier molecular flexibility index (Phi) is 4.67. The highest BCUT2D eigenvalue weighted by atomic mass is 79.9. The van der Waals surface area contributed by atoms with Crippen LogP contribution < -0.4 is 0 Å². The first-order valence-corrected chi connectivity index (χ1v) is 8.60. The van der Waals surface area contributed by atoms with E-state index in [1.54, 1.807) is 0 Å². The van der Waals surface area contributed by atoms with Gasteiger partial charge >= 0.3 is 0 Å². The highest BCUT2D eigenvalue weighted by molar-refractivity contribution is 9.10. The van der Waals surface area contributed by atoms with Gasteiger partial charge in [0.05, 0.1) is 11.6 Å². The Hall–Kier alpha value is -1.55. The average Bonchev–Trinajstić information content (AvgIpc) is 2.55. The van der Waals surface area contributed by atoms with Crippen molar-refractivity contribution < 1.29 is 4.79 Å². The van der Waals surface area contributed by atoms with Crippen molar-refractivity contribution in [1.29, 1.82) is 0 Å². The zero-order valence-electron chi connectivity index (χ0n) is 12.8. The quantitative estimate of drug-likeness (QED) is 0.799. The summed E-state index contributed by atoms with van der Waals surface area (Å²) in [6.07, 6.45) is 9.83. The maximum Gasteiger partial charge on any atom is 0.255 e. The van der Waals surface area contributed by atoms with E-state index in [9.17, 15) is 4.79 Å². The second-order valence-corrected chi connectivity index (χ2v) is 6.82. The number of piperidine rings is 1. The van der Waals surface area contributed by atoms with Crippen LogP contribution in [0.1, 0.15) is 29.6 Å². The van der Waals surface area contributed by atoms with Crippen molar-refractivity contribution in [2.75, 3.05) is 20.1 Å². The Bertz CT molecular complexity index is 623. The van der Waals surface area contributed by atoms with Crippen molar-refractivity contribution in [3.8, 4) is 0 Å². The van der Waals surface area contributed by atoms with Gasteiger partial charge in [-0.3, -0.25) is 4.79 Å². The molecule has 116 valence electrons. The lowest BCUT2D eigenvalue weighted by Gasteiger charge is -2.38. The van der Waals surface area contributed by atoms with E-state index in [4.69, 9.17) is 0 Å². The van der Waals surface area contributed by atoms with Crippen molar-refractivity contribution in [2.24, 2.45) is 0 Å². The number of amides is 1. The number of likely N-dealkylation sites (tertiary alicyclic amines) is 1. The van der Waals surface area contributed by atoms with Crippen LogP contribution in [-0.4, -0.2) is 41.9 Å². The molecule has 2 heterocycles. The third-order valence-electron chi connectivity index (χ3n) is 4.33. The summed E-state index contributed by atoms with van der Waals surface area (Å²) in [6.45, 7) is 1.77. The van der Waals surface area contributed by atoms with Gasteiger partial charge in [0, 0.05) is 30.8 Å². The first-order chi connectivity index (χ1) is 10.7. The molecule has 0 unspecified atom stereocenters. The van der Waals surface area contributed by atoms with Gasteiger partial charge in [-0.15, -0.1) is 0 Å². The largest absolute Gasteiger partial charge is 0.376 e. The van der Waals surface area contributed by atoms with Gasteiger partial charge in [-0.25, -0.2) is 0 Å². The Morgan fingerprint density at radius 3 is 2.86 bits per heavy atom. The number of hydrogen-bond acceptors (Lipinski definition) is 2. The van der Waals surface area contributed by atoms with Crippen LogP contribution in [-0.2, 0) is 0 Å². The number of carbonyl (C=O) groups excluding carboxylic acids is 1. The number of halogens is 1. The molecule has 2 aliphatic rings. The van der Waals surface area contributed by atoms with E-state index in [-0.39, 0.29) is 11.9 Å². The van der Waals surface area contributed by atoms with Crippen LogP contribution >= 0.6 is 15.9 Å². The topological polar surface area (TPSA) is 23.6 Å². The van der Waals surface area contributed by atoms with Crippen LogP contribution in [0.5, 0.6) is 0 Å². The molecule has 4 heteroatoms. The number of hydrogen-bond donors (Lipinski definition) is 0. The molecular formula is C18H21BrN2O. The van der Waals surface area contributed by atoms with Gasteiger partial charge in [0.15, 0.2) is 0 Å². The smallest absolute Gasteiger partial charge is 0.255 e. The summed E-state index contributed by atoms with van der Waals surface area (Å²) in [5.41, 5.74) is 2.00. The second kappa shape index (κ2) is 6.69. The van der Waals surface area contributed by atoms with Gasteiger partial charge in [-0.1, -0.05) is 24.3 Å². The molecular weight excluding hydrogens is 340 g/mol. The van der Waals surface area contributed by atoms with Crippen LogP contribution in [0.4, 0.5) is 0 Å². The second-order valence-electron chi connectivity index (χ2n) is 5.96. The molecule has 1 amide bonds. The predicted molar refractivity (Wildman–Crippen MR) is 92.7 cm³/mol. The fraction of sp³-hybridized carbons (Fsp3) is 0.389. The summed E-state index contributed by atoms with van der Waals surface area (Å²) < 4.78 is 0.870. The molecule has 3 rings (SSSR count). The van der Waals surface area contributed by atoms with Gasteiger partial charge in [-0.2, -0.15) is 0 Å². The van der Waals surface area contributed by atoms with Gasteiger partial charge in [0.2, 0.25) is 0 Å². The lowest BCUT2D eigenvalue weighted by molar-refractivity contribution is 0.0653. The summed E-state index contributed by atoms with van der Waals surface area (Å²) >= 11 is 3.50. The zero-order valence-corrected chi connectivity index (χ0v) is 14.4. The van der Waals surface area contributed by atoms with Gasteiger partial charge in [-0.05, 0) is 52.9 Å². The average molecular weight is 361 g/mol. The lowest BCUT2D eigenvalue weighted by atomic mass is 9.93. The van der Waals surface area contributed by atoms with Crippen LogP contribution in [0.25, 0.3) is 0 Å². The Morgan fingerprint density at radius 2 is 2.09 bits per heavy atom. The summed E-state index contributed by atoms with van der Waals surface area (Å²) in [7, 11) is 2.08. The molecule has 1 atom stereocenters. The SMILES string of the molecule is CN1C=C([C@@H]2CCCCN2C(=O)c2ccccc2Br)C=CC1. The summed E-state index contributed by atoms with van der Waals surface area (Å²) in [5.74, 6) is 0.125. The van der Waals surface area contributed by atoms with Gasteiger partial charge in [0.1, 0.15) is 0 Å². The molecule has 0 aromatic heterocycles. The number of likely N-dealkylation sites (N-methyl/N-ethyl adjacent to an activating group) is 1. The molecule has 1 fully saturated rings. The molecule has 1 aromatic rings. The molecule has 0 saturated carbocycles. The summed E-state index contributed by atoms with van der Waals surface area (Å²) in [6, 6.07) is 7.88. The number of rotatable bonds is 2. The highest BCUT2D eigenvalue weighted by Gasteiger charge is 2.30. The van der Waals surface area contributed by atoms with E-state index in [0.29, 0.717) is 0 Å². The highest BCUT2D eigenvalue weighted by Crippen LogP contribution is 2.28. The molecule has 0 spiro atoms. The van der Waals surface area contributed by atoms with Crippen molar-refractivity contribution in [3.63, 3.8) is 0 Å². The van der Waals surface area contributed by atoms with E-state index < -0.39 is 0 Å². The summed E-state index contributed by atoms with van der Waals surface area (Å²) in [5, 5.41) is 0. The molecule has 0 bridgehead atoms. The van der Waals surface area contributed by atoms with Crippen LogP contribution in [0.15, 0.2) is 52.7 Å². The molecule has 3 nitrogen and oxygen atoms in total. The summed E-state index contributed by atoms with van der Waals surface area (Å²) in [4.78, 5) is 17.2. The first-order valence-electron chi connectivity index (χ1n) is 7.81. The molecule has 0 N–H and O–H groups in total. The van der Waals surface area contributed by atoms with E-state index >= 15 is 0 Å². The molecule has 1 aromatic carbocycles. The number of benzene rings is 1. The van der Waals surface area contributed by atoms with Gasteiger partial charge < -0.3 is 9.80 Å². The minimum Gasteiger partial charge on any atom is -0.376 e. The minimum absolute atomic E-state index is 0.125. The van der Waals surface area contributed by atoms with Gasteiger partial charge in [0.25, 0.3) is 5.91 Å². The Morgan fingerprint density at radius 1 is 1.27 bits per heavy atom. The Balaban J connectivity index is 1.88. The third-order valence-corrected chi connectivity index (χ3v) is 5.02. The fourth-order valence-electron chi connectivity index (χ4n) is 3.21. The van der Waals surface area contributed by atoms with E-state index in [1.165, 1.54) is 12.0 Å². The maximum absolute atomic E-state index is 13.0. The fourth-order valence-corrected chi connectivity index (χ4v) is 3.67. The van der Waals surface area contributed by atoms with Crippen LogP contribution in [0.3, 0.4) is 0 Å². The molecule has 0 radical (unpaired) electrons. The van der Waals surface area contributed by atoms with E-state index in [2.05, 4.69) is 46.2 Å².